The smallest absolute Gasteiger partial charge is 0.353 e. The molecule has 3 aromatic heterocycles. The van der Waals surface area contributed by atoms with Crippen molar-refractivity contribution in [2.24, 2.45) is 0 Å². The molecule has 2 N–H and O–H groups in total. The molecule has 176 valence electrons. The molecule has 0 aliphatic carbocycles. The number of fused-ring (bicyclic) bond motifs is 1. The number of hydrogen-bond acceptors (Lipinski definition) is 6. The summed E-state index contributed by atoms with van der Waals surface area (Å²) in [6, 6.07) is 9.51. The van der Waals surface area contributed by atoms with E-state index in [4.69, 9.17) is 17.3 Å². The maximum atomic E-state index is 13.6. The fourth-order valence-electron chi connectivity index (χ4n) is 4.52. The number of anilines is 1. The molecule has 1 aromatic carbocycles. The summed E-state index contributed by atoms with van der Waals surface area (Å²) in [7, 11) is 0. The second-order valence-corrected chi connectivity index (χ2v) is 8.97. The average molecular weight is 482 g/mol. The quantitative estimate of drug-likeness (QED) is 0.436. The van der Waals surface area contributed by atoms with Crippen molar-refractivity contribution in [1.82, 2.24) is 29.0 Å². The second kappa shape index (κ2) is 9.15. The van der Waals surface area contributed by atoms with Gasteiger partial charge in [0.2, 0.25) is 5.95 Å². The summed E-state index contributed by atoms with van der Waals surface area (Å²) in [5, 5.41) is 4.99. The highest BCUT2D eigenvalue weighted by molar-refractivity contribution is 6.29. The largest absolute Gasteiger partial charge is 0.369 e. The minimum Gasteiger partial charge on any atom is -0.369 e. The van der Waals surface area contributed by atoms with Crippen LogP contribution in [0.2, 0.25) is 5.15 Å². The van der Waals surface area contributed by atoms with E-state index in [2.05, 4.69) is 20.0 Å². The number of halogens is 2. The summed E-state index contributed by atoms with van der Waals surface area (Å²) >= 11 is 6.27. The Morgan fingerprint density at radius 2 is 1.76 bits per heavy atom. The lowest BCUT2D eigenvalue weighted by atomic mass is 10.00. The van der Waals surface area contributed by atoms with Crippen molar-refractivity contribution in [1.29, 1.82) is 0 Å². The molecule has 1 saturated heterocycles. The average Bonchev–Trinajstić information content (AvgIpc) is 3.14. The van der Waals surface area contributed by atoms with Gasteiger partial charge in [0.15, 0.2) is 5.65 Å². The highest BCUT2D eigenvalue weighted by atomic mass is 35.5. The highest BCUT2D eigenvalue weighted by Crippen LogP contribution is 2.35. The highest BCUT2D eigenvalue weighted by Gasteiger charge is 2.22. The minimum atomic E-state index is -0.361. The van der Waals surface area contributed by atoms with Crippen LogP contribution in [0.25, 0.3) is 28.0 Å². The molecule has 1 aliphatic rings. The number of piperidine rings is 1. The van der Waals surface area contributed by atoms with Crippen LogP contribution in [0.1, 0.15) is 25.0 Å². The number of aryl methyl sites for hydroxylation is 1. The van der Waals surface area contributed by atoms with Crippen molar-refractivity contribution in [3.63, 3.8) is 0 Å². The number of pyridine rings is 1. The zero-order valence-corrected chi connectivity index (χ0v) is 19.6. The molecule has 10 heteroatoms. The number of aromatic nitrogens is 5. The standard InChI is InChI=1S/C24H25ClFN7O/c1-15-13-17(14-19(25)28-15)20-21(16-5-7-18(26)8-6-16)29-23(27)33-22(20)30-32(24(33)34)12-11-31-9-3-2-4-10-31/h5-8,13-14H,2-4,9-12H2,1H3,(H2,27,29). The van der Waals surface area contributed by atoms with Crippen molar-refractivity contribution >= 4 is 23.2 Å². The molecule has 4 heterocycles. The lowest BCUT2D eigenvalue weighted by Crippen LogP contribution is -2.35. The normalized spacial score (nSPS) is 14.7. The van der Waals surface area contributed by atoms with Crippen molar-refractivity contribution in [2.75, 3.05) is 25.4 Å². The van der Waals surface area contributed by atoms with E-state index in [1.807, 2.05) is 13.0 Å². The van der Waals surface area contributed by atoms with E-state index in [-0.39, 0.29) is 17.5 Å². The molecule has 0 unspecified atom stereocenters. The molecule has 4 aromatic rings. The van der Waals surface area contributed by atoms with Crippen molar-refractivity contribution in [3.8, 4) is 22.4 Å². The van der Waals surface area contributed by atoms with E-state index in [9.17, 15) is 9.18 Å². The van der Waals surface area contributed by atoms with Gasteiger partial charge in [0.05, 0.1) is 17.8 Å². The van der Waals surface area contributed by atoms with Gasteiger partial charge in [-0.3, -0.25) is 0 Å². The Bertz CT molecular complexity index is 1390. The Kier molecular flexibility index (Phi) is 6.05. The number of hydrogen-bond donors (Lipinski definition) is 1. The van der Waals surface area contributed by atoms with Gasteiger partial charge in [-0.25, -0.2) is 28.2 Å². The summed E-state index contributed by atoms with van der Waals surface area (Å²) in [6.07, 6.45) is 3.59. The van der Waals surface area contributed by atoms with Crippen LogP contribution in [0.3, 0.4) is 0 Å². The van der Waals surface area contributed by atoms with Crippen LogP contribution in [0.15, 0.2) is 41.2 Å². The van der Waals surface area contributed by atoms with E-state index in [0.29, 0.717) is 45.4 Å². The summed E-state index contributed by atoms with van der Waals surface area (Å²) < 4.78 is 16.4. The molecule has 34 heavy (non-hydrogen) atoms. The first-order valence-corrected chi connectivity index (χ1v) is 11.7. The number of likely N-dealkylation sites (tertiary alicyclic amines) is 1. The number of benzene rings is 1. The summed E-state index contributed by atoms with van der Waals surface area (Å²) in [5.41, 5.74) is 9.40. The number of nitrogens with zero attached hydrogens (tertiary/aromatic N) is 6. The van der Waals surface area contributed by atoms with E-state index in [0.717, 1.165) is 19.6 Å². The second-order valence-electron chi connectivity index (χ2n) is 8.59. The Labute approximate surface area is 200 Å². The van der Waals surface area contributed by atoms with Gasteiger partial charge in [0, 0.05) is 17.8 Å². The lowest BCUT2D eigenvalue weighted by Gasteiger charge is -2.25. The molecule has 0 amide bonds. The molecule has 0 spiro atoms. The van der Waals surface area contributed by atoms with Crippen LogP contribution in [-0.2, 0) is 6.54 Å². The van der Waals surface area contributed by atoms with Crippen molar-refractivity contribution < 1.29 is 4.39 Å². The van der Waals surface area contributed by atoms with Crippen LogP contribution < -0.4 is 11.4 Å². The van der Waals surface area contributed by atoms with E-state index in [1.165, 1.54) is 40.5 Å². The van der Waals surface area contributed by atoms with Crippen molar-refractivity contribution in [3.05, 3.63) is 63.5 Å². The monoisotopic (exact) mass is 481 g/mol. The van der Waals surface area contributed by atoms with Crippen LogP contribution >= 0.6 is 11.6 Å². The van der Waals surface area contributed by atoms with Gasteiger partial charge in [-0.1, -0.05) is 18.0 Å². The maximum Gasteiger partial charge on any atom is 0.353 e. The Hall–Kier alpha value is -3.30. The van der Waals surface area contributed by atoms with E-state index in [1.54, 1.807) is 18.2 Å². The zero-order chi connectivity index (χ0) is 23.8. The SMILES string of the molecule is Cc1cc(-c2c(-c3ccc(F)cc3)nc(N)n3c(=O)n(CCN4CCCCC4)nc23)cc(Cl)n1. The molecule has 8 nitrogen and oxygen atoms in total. The van der Waals surface area contributed by atoms with Crippen LogP contribution in [0.4, 0.5) is 10.3 Å². The van der Waals surface area contributed by atoms with Crippen LogP contribution in [0, 0.1) is 12.7 Å². The van der Waals surface area contributed by atoms with Crippen molar-refractivity contribution in [2.45, 2.75) is 32.7 Å². The third-order valence-corrected chi connectivity index (χ3v) is 6.35. The molecule has 1 aliphatic heterocycles. The van der Waals surface area contributed by atoms with E-state index < -0.39 is 0 Å². The fourth-order valence-corrected chi connectivity index (χ4v) is 4.77. The van der Waals surface area contributed by atoms with Crippen LogP contribution in [0.5, 0.6) is 0 Å². The molecule has 5 rings (SSSR count). The molecular weight excluding hydrogens is 457 g/mol. The zero-order valence-electron chi connectivity index (χ0n) is 18.8. The number of nitrogen functional groups attached to an aromatic ring is 1. The first kappa shape index (κ1) is 22.5. The first-order chi connectivity index (χ1) is 16.4. The Balaban J connectivity index is 1.70. The van der Waals surface area contributed by atoms with Gasteiger partial charge in [0.1, 0.15) is 11.0 Å². The maximum absolute atomic E-state index is 13.6. The van der Waals surface area contributed by atoms with Gasteiger partial charge in [-0.05, 0) is 74.8 Å². The van der Waals surface area contributed by atoms with Crippen LogP contribution in [-0.4, -0.2) is 48.7 Å². The summed E-state index contributed by atoms with van der Waals surface area (Å²) in [5.74, 6) is -0.343. The molecule has 0 atom stereocenters. The molecular formula is C24H25ClFN7O. The lowest BCUT2D eigenvalue weighted by molar-refractivity contribution is 0.217. The first-order valence-electron chi connectivity index (χ1n) is 11.3. The Morgan fingerprint density at radius 1 is 1.03 bits per heavy atom. The number of nitrogens with two attached hydrogens (primary N) is 1. The third kappa shape index (κ3) is 4.28. The predicted molar refractivity (Wildman–Crippen MR) is 130 cm³/mol. The topological polar surface area (TPSA) is 94.3 Å². The predicted octanol–water partition coefficient (Wildman–Crippen LogP) is 3.79. The van der Waals surface area contributed by atoms with Gasteiger partial charge in [-0.2, -0.15) is 0 Å². The number of rotatable bonds is 5. The minimum absolute atomic E-state index is 0.0178. The summed E-state index contributed by atoms with van der Waals surface area (Å²) in [6.45, 7) is 5.07. The van der Waals surface area contributed by atoms with E-state index >= 15 is 0 Å². The van der Waals surface area contributed by atoms with Gasteiger partial charge in [-0.15, -0.1) is 5.10 Å². The molecule has 1 fully saturated rings. The molecule has 0 saturated carbocycles. The van der Waals surface area contributed by atoms with Gasteiger partial charge < -0.3 is 10.6 Å². The van der Waals surface area contributed by atoms with Gasteiger partial charge in [0.25, 0.3) is 0 Å². The third-order valence-electron chi connectivity index (χ3n) is 6.16. The summed E-state index contributed by atoms with van der Waals surface area (Å²) in [4.78, 5) is 24.4. The fraction of sp³-hybridized carbons (Fsp3) is 0.333. The molecule has 0 radical (unpaired) electrons. The molecule has 0 bridgehead atoms. The Morgan fingerprint density at radius 3 is 2.47 bits per heavy atom. The van der Waals surface area contributed by atoms with Gasteiger partial charge >= 0.3 is 5.69 Å².